The molecule has 0 heterocycles. The van der Waals surface area contributed by atoms with Crippen molar-refractivity contribution >= 4 is 0 Å². The SMILES string of the molecule is NC#CC(N)C(N)C(N)N. The zero-order chi connectivity index (χ0) is 8.15. The van der Waals surface area contributed by atoms with Crippen LogP contribution < -0.4 is 28.7 Å². The minimum absolute atomic E-state index is 0.531. The second kappa shape index (κ2) is 4.09. The second-order valence-electron chi connectivity index (χ2n) is 1.97. The smallest absolute Gasteiger partial charge is 0.0864 e. The van der Waals surface area contributed by atoms with Gasteiger partial charge >= 0.3 is 0 Å². The first-order chi connectivity index (χ1) is 4.59. The van der Waals surface area contributed by atoms with E-state index in [4.69, 9.17) is 28.7 Å². The van der Waals surface area contributed by atoms with Gasteiger partial charge in [0.25, 0.3) is 0 Å². The monoisotopic (exact) mass is 143 g/mol. The van der Waals surface area contributed by atoms with Gasteiger partial charge in [0, 0.05) is 6.04 Å². The Labute approximate surface area is 59.9 Å². The molecule has 0 aliphatic heterocycles. The highest BCUT2D eigenvalue weighted by molar-refractivity contribution is 5.08. The Bertz CT molecular complexity index is 144. The number of hydrogen-bond donors (Lipinski definition) is 5. The highest BCUT2D eigenvalue weighted by Gasteiger charge is 2.14. The molecule has 0 spiro atoms. The van der Waals surface area contributed by atoms with Gasteiger partial charge in [-0.2, -0.15) is 0 Å². The van der Waals surface area contributed by atoms with Gasteiger partial charge < -0.3 is 28.7 Å². The molecule has 5 heteroatoms. The van der Waals surface area contributed by atoms with Gasteiger partial charge in [0.2, 0.25) is 0 Å². The molecule has 2 atom stereocenters. The summed E-state index contributed by atoms with van der Waals surface area (Å²) in [4.78, 5) is 0. The number of rotatable bonds is 2. The number of hydrogen-bond acceptors (Lipinski definition) is 5. The van der Waals surface area contributed by atoms with E-state index < -0.39 is 18.2 Å². The van der Waals surface area contributed by atoms with E-state index in [0.717, 1.165) is 0 Å². The van der Waals surface area contributed by atoms with Gasteiger partial charge in [-0.1, -0.05) is 5.92 Å². The first-order valence-corrected chi connectivity index (χ1v) is 2.83. The molecule has 2 unspecified atom stereocenters. The van der Waals surface area contributed by atoms with Crippen LogP contribution in [0.5, 0.6) is 0 Å². The highest BCUT2D eigenvalue weighted by Crippen LogP contribution is 1.84. The molecule has 0 aromatic rings. The van der Waals surface area contributed by atoms with Crippen LogP contribution in [0.15, 0.2) is 0 Å². The fourth-order valence-electron chi connectivity index (χ4n) is 0.432. The van der Waals surface area contributed by atoms with Gasteiger partial charge in [-0.15, -0.1) is 0 Å². The van der Waals surface area contributed by atoms with Crippen LogP contribution in [0.25, 0.3) is 0 Å². The Balaban J connectivity index is 3.89. The summed E-state index contributed by atoms with van der Waals surface area (Å²) in [6.45, 7) is 0. The van der Waals surface area contributed by atoms with E-state index in [0.29, 0.717) is 0 Å². The van der Waals surface area contributed by atoms with Gasteiger partial charge in [0.15, 0.2) is 0 Å². The molecular formula is C5H13N5. The summed E-state index contributed by atoms with van der Waals surface area (Å²) in [5, 5.41) is 0. The molecule has 0 bridgehead atoms. The average Bonchev–Trinajstić information content (AvgIpc) is 1.87. The van der Waals surface area contributed by atoms with Crippen LogP contribution in [-0.4, -0.2) is 18.2 Å². The van der Waals surface area contributed by atoms with Gasteiger partial charge in [0.05, 0.1) is 18.2 Å². The Morgan fingerprint density at radius 3 is 1.80 bits per heavy atom. The van der Waals surface area contributed by atoms with Crippen LogP contribution in [0.1, 0.15) is 0 Å². The van der Waals surface area contributed by atoms with Crippen molar-refractivity contribution < 1.29 is 0 Å². The van der Waals surface area contributed by atoms with Gasteiger partial charge in [0.1, 0.15) is 0 Å². The van der Waals surface area contributed by atoms with Crippen molar-refractivity contribution in [2.75, 3.05) is 0 Å². The van der Waals surface area contributed by atoms with E-state index in [-0.39, 0.29) is 0 Å². The first-order valence-electron chi connectivity index (χ1n) is 2.83. The van der Waals surface area contributed by atoms with Gasteiger partial charge in [-0.25, -0.2) is 0 Å². The molecule has 0 saturated heterocycles. The predicted octanol–water partition coefficient (Wildman–Crippen LogP) is -3.20. The molecule has 10 heavy (non-hydrogen) atoms. The zero-order valence-electron chi connectivity index (χ0n) is 5.62. The fraction of sp³-hybridized carbons (Fsp3) is 0.600. The molecule has 5 nitrogen and oxygen atoms in total. The standard InChI is InChI=1S/C5H13N5/c6-2-1-3(7)4(8)5(9)10/h3-5H,6-10H2. The Morgan fingerprint density at radius 2 is 1.50 bits per heavy atom. The average molecular weight is 143 g/mol. The van der Waals surface area contributed by atoms with E-state index in [1.165, 1.54) is 0 Å². The van der Waals surface area contributed by atoms with Crippen molar-refractivity contribution in [3.8, 4) is 12.0 Å². The molecule has 0 aliphatic rings. The fourth-order valence-corrected chi connectivity index (χ4v) is 0.432. The van der Waals surface area contributed by atoms with E-state index in [2.05, 4.69) is 12.0 Å². The Morgan fingerprint density at radius 1 is 1.00 bits per heavy atom. The van der Waals surface area contributed by atoms with Crippen molar-refractivity contribution in [2.24, 2.45) is 28.7 Å². The van der Waals surface area contributed by atoms with Crippen LogP contribution in [0.3, 0.4) is 0 Å². The molecular weight excluding hydrogens is 130 g/mol. The summed E-state index contributed by atoms with van der Waals surface area (Å²) in [7, 11) is 0. The van der Waals surface area contributed by atoms with Gasteiger partial charge in [-0.3, -0.25) is 0 Å². The van der Waals surface area contributed by atoms with Gasteiger partial charge in [-0.05, 0) is 0 Å². The summed E-state index contributed by atoms with van der Waals surface area (Å²) in [5.74, 6) is 2.45. The lowest BCUT2D eigenvalue weighted by atomic mass is 10.1. The van der Waals surface area contributed by atoms with E-state index in [1.54, 1.807) is 0 Å². The summed E-state index contributed by atoms with van der Waals surface area (Å²) < 4.78 is 0. The van der Waals surface area contributed by atoms with E-state index >= 15 is 0 Å². The third-order valence-electron chi connectivity index (χ3n) is 1.11. The molecule has 0 rings (SSSR count). The van der Waals surface area contributed by atoms with Crippen LogP contribution in [-0.2, 0) is 0 Å². The van der Waals surface area contributed by atoms with Crippen LogP contribution >= 0.6 is 0 Å². The molecule has 0 radical (unpaired) electrons. The molecule has 0 aromatic carbocycles. The zero-order valence-corrected chi connectivity index (χ0v) is 5.62. The molecule has 0 amide bonds. The lowest BCUT2D eigenvalue weighted by Gasteiger charge is -2.17. The maximum Gasteiger partial charge on any atom is 0.0864 e. The minimum atomic E-state index is -0.657. The van der Waals surface area contributed by atoms with Crippen LogP contribution in [0, 0.1) is 12.0 Å². The molecule has 10 N–H and O–H groups in total. The van der Waals surface area contributed by atoms with E-state index in [9.17, 15) is 0 Å². The maximum atomic E-state index is 5.41. The lowest BCUT2D eigenvalue weighted by molar-refractivity contribution is 0.505. The van der Waals surface area contributed by atoms with Crippen molar-refractivity contribution in [2.45, 2.75) is 18.2 Å². The first kappa shape index (κ1) is 9.20. The number of nitrogens with two attached hydrogens (primary N) is 5. The van der Waals surface area contributed by atoms with Crippen molar-refractivity contribution in [3.05, 3.63) is 0 Å². The Kier molecular flexibility index (Phi) is 3.76. The molecule has 58 valence electrons. The van der Waals surface area contributed by atoms with Crippen LogP contribution in [0.4, 0.5) is 0 Å². The molecule has 0 aromatic heterocycles. The largest absolute Gasteiger partial charge is 0.359 e. The third kappa shape index (κ3) is 2.66. The molecule has 0 fully saturated rings. The quantitative estimate of drug-likeness (QED) is 0.158. The Hall–Kier alpha value is -0.800. The van der Waals surface area contributed by atoms with E-state index in [1.807, 2.05) is 0 Å². The highest BCUT2D eigenvalue weighted by atomic mass is 15.0. The maximum absolute atomic E-state index is 5.41. The summed E-state index contributed by atoms with van der Waals surface area (Å²) in [6.07, 6.45) is -0.657. The molecule has 0 aliphatic carbocycles. The normalized spacial score (nSPS) is 15.7. The molecule has 0 saturated carbocycles. The topological polar surface area (TPSA) is 130 Å². The van der Waals surface area contributed by atoms with Crippen molar-refractivity contribution in [3.63, 3.8) is 0 Å². The summed E-state index contributed by atoms with van der Waals surface area (Å²) >= 11 is 0. The summed E-state index contributed by atoms with van der Waals surface area (Å²) in [5.41, 5.74) is 26.2. The van der Waals surface area contributed by atoms with Crippen molar-refractivity contribution in [1.82, 2.24) is 0 Å². The lowest BCUT2D eigenvalue weighted by Crippen LogP contribution is -2.56. The van der Waals surface area contributed by atoms with Crippen LogP contribution in [0.2, 0.25) is 0 Å². The second-order valence-corrected chi connectivity index (χ2v) is 1.97. The third-order valence-corrected chi connectivity index (χ3v) is 1.11. The predicted molar refractivity (Wildman–Crippen MR) is 40.1 cm³/mol. The summed E-state index contributed by atoms with van der Waals surface area (Å²) in [6, 6.07) is 1.05. The van der Waals surface area contributed by atoms with Crippen molar-refractivity contribution in [1.29, 1.82) is 0 Å². The minimum Gasteiger partial charge on any atom is -0.359 e.